The van der Waals surface area contributed by atoms with E-state index in [0.717, 1.165) is 18.5 Å². The highest BCUT2D eigenvalue weighted by molar-refractivity contribution is 5.69. The summed E-state index contributed by atoms with van der Waals surface area (Å²) >= 11 is 0. The van der Waals surface area contributed by atoms with Crippen LogP contribution in [0.25, 0.3) is 0 Å². The van der Waals surface area contributed by atoms with Gasteiger partial charge in [0.25, 0.3) is 0 Å². The largest absolute Gasteiger partial charge is 0.444 e. The van der Waals surface area contributed by atoms with Gasteiger partial charge in [0, 0.05) is 12.7 Å². The second-order valence-electron chi connectivity index (χ2n) is 4.42. The molecule has 0 saturated heterocycles. The molecule has 1 aromatic rings. The van der Waals surface area contributed by atoms with Crippen molar-refractivity contribution in [2.75, 3.05) is 6.54 Å². The molecule has 0 N–H and O–H groups in total. The molecule has 1 amide bonds. The van der Waals surface area contributed by atoms with Crippen molar-refractivity contribution in [2.24, 2.45) is 5.92 Å². The zero-order chi connectivity index (χ0) is 12.1. The Morgan fingerprint density at radius 2 is 2.18 bits per heavy atom. The lowest BCUT2D eigenvalue weighted by atomic mass is 10.1. The molecule has 0 aromatic heterocycles. The summed E-state index contributed by atoms with van der Waals surface area (Å²) in [5.74, 6) is 0.504. The van der Waals surface area contributed by atoms with Crippen LogP contribution >= 0.6 is 0 Å². The van der Waals surface area contributed by atoms with Gasteiger partial charge >= 0.3 is 6.09 Å². The van der Waals surface area contributed by atoms with Gasteiger partial charge in [-0.3, -0.25) is 4.90 Å². The number of benzene rings is 1. The van der Waals surface area contributed by atoms with Gasteiger partial charge in [-0.15, -0.1) is 0 Å². The molecule has 90 valence electrons. The molecular formula is C14H17NO2. The number of amides is 1. The molecule has 0 unspecified atom stereocenters. The number of hydrogen-bond acceptors (Lipinski definition) is 2. The second-order valence-corrected chi connectivity index (χ2v) is 4.42. The predicted molar refractivity (Wildman–Crippen MR) is 66.3 cm³/mol. The first kappa shape index (κ1) is 11.7. The summed E-state index contributed by atoms with van der Waals surface area (Å²) in [6, 6.07) is 9.71. The Kier molecular flexibility index (Phi) is 3.81. The van der Waals surface area contributed by atoms with Crippen LogP contribution in [-0.4, -0.2) is 17.5 Å². The monoisotopic (exact) mass is 231 g/mol. The third kappa shape index (κ3) is 3.34. The molecule has 0 bridgehead atoms. The summed E-state index contributed by atoms with van der Waals surface area (Å²) in [4.78, 5) is 13.4. The van der Waals surface area contributed by atoms with Crippen LogP contribution in [0.3, 0.4) is 0 Å². The maximum absolute atomic E-state index is 11.8. The van der Waals surface area contributed by atoms with Crippen molar-refractivity contribution < 1.29 is 9.53 Å². The molecule has 0 fully saturated rings. The number of carbonyl (C=O) groups is 1. The summed E-state index contributed by atoms with van der Waals surface area (Å²) in [7, 11) is 0. The molecular weight excluding hydrogens is 214 g/mol. The van der Waals surface area contributed by atoms with Gasteiger partial charge in [0.1, 0.15) is 6.61 Å². The summed E-state index contributed by atoms with van der Waals surface area (Å²) in [5.41, 5.74) is 1.01. The minimum Gasteiger partial charge on any atom is -0.444 e. The van der Waals surface area contributed by atoms with E-state index in [9.17, 15) is 4.79 Å². The van der Waals surface area contributed by atoms with Crippen LogP contribution in [0.4, 0.5) is 4.79 Å². The lowest BCUT2D eigenvalue weighted by molar-refractivity contribution is 0.105. The SMILES string of the molecule is C[C@H]1CC=CN(C(=O)OCc2ccccc2)C1. The number of rotatable bonds is 2. The Bertz CT molecular complexity index is 400. The Hall–Kier alpha value is -1.77. The van der Waals surface area contributed by atoms with E-state index in [0.29, 0.717) is 12.5 Å². The van der Waals surface area contributed by atoms with E-state index in [1.807, 2.05) is 42.6 Å². The van der Waals surface area contributed by atoms with Crippen LogP contribution in [0.5, 0.6) is 0 Å². The third-order valence-corrected chi connectivity index (χ3v) is 2.77. The van der Waals surface area contributed by atoms with Crippen LogP contribution in [-0.2, 0) is 11.3 Å². The molecule has 17 heavy (non-hydrogen) atoms. The fraction of sp³-hybridized carbons (Fsp3) is 0.357. The molecule has 0 spiro atoms. The first-order chi connectivity index (χ1) is 8.25. The van der Waals surface area contributed by atoms with Crippen molar-refractivity contribution in [3.05, 3.63) is 48.2 Å². The van der Waals surface area contributed by atoms with Crippen LogP contribution < -0.4 is 0 Å². The standard InChI is InChI=1S/C14H17NO2/c1-12-6-5-9-15(10-12)14(16)17-11-13-7-3-2-4-8-13/h2-5,7-9,12H,6,10-11H2,1H3/t12-/m0/s1. The lowest BCUT2D eigenvalue weighted by Gasteiger charge is -2.25. The number of ether oxygens (including phenoxy) is 1. The highest BCUT2D eigenvalue weighted by atomic mass is 16.6. The molecule has 0 radical (unpaired) electrons. The molecule has 1 atom stereocenters. The summed E-state index contributed by atoms with van der Waals surface area (Å²) in [6.07, 6.45) is 4.59. The highest BCUT2D eigenvalue weighted by Crippen LogP contribution is 2.14. The molecule has 3 nitrogen and oxygen atoms in total. The first-order valence-electron chi connectivity index (χ1n) is 5.89. The van der Waals surface area contributed by atoms with E-state index in [-0.39, 0.29) is 6.09 Å². The van der Waals surface area contributed by atoms with Crippen molar-refractivity contribution in [3.8, 4) is 0 Å². The Morgan fingerprint density at radius 3 is 2.88 bits per heavy atom. The molecule has 2 rings (SSSR count). The average molecular weight is 231 g/mol. The van der Waals surface area contributed by atoms with E-state index in [1.165, 1.54) is 0 Å². The van der Waals surface area contributed by atoms with Crippen LogP contribution in [0.2, 0.25) is 0 Å². The predicted octanol–water partition coefficient (Wildman–Crippen LogP) is 3.18. The van der Waals surface area contributed by atoms with Gasteiger partial charge in [-0.25, -0.2) is 4.79 Å². The van der Waals surface area contributed by atoms with Crippen LogP contribution in [0, 0.1) is 5.92 Å². The zero-order valence-electron chi connectivity index (χ0n) is 10.0. The molecule has 3 heteroatoms. The van der Waals surface area contributed by atoms with Crippen molar-refractivity contribution >= 4 is 6.09 Å². The van der Waals surface area contributed by atoms with Crippen molar-refractivity contribution in [1.82, 2.24) is 4.90 Å². The second kappa shape index (κ2) is 5.53. The quantitative estimate of drug-likeness (QED) is 0.782. The smallest absolute Gasteiger partial charge is 0.414 e. The molecule has 0 saturated carbocycles. The van der Waals surface area contributed by atoms with Gasteiger partial charge in [-0.2, -0.15) is 0 Å². The molecule has 1 aliphatic rings. The summed E-state index contributed by atoms with van der Waals surface area (Å²) < 4.78 is 5.25. The minimum atomic E-state index is -0.267. The maximum Gasteiger partial charge on any atom is 0.414 e. The van der Waals surface area contributed by atoms with E-state index >= 15 is 0 Å². The third-order valence-electron chi connectivity index (χ3n) is 2.77. The summed E-state index contributed by atoms with van der Waals surface area (Å²) in [6.45, 7) is 3.20. The van der Waals surface area contributed by atoms with E-state index < -0.39 is 0 Å². The Labute approximate surface area is 102 Å². The first-order valence-corrected chi connectivity index (χ1v) is 5.89. The number of nitrogens with zero attached hydrogens (tertiary/aromatic N) is 1. The summed E-state index contributed by atoms with van der Waals surface area (Å²) in [5, 5.41) is 0. The van der Waals surface area contributed by atoms with Crippen LogP contribution in [0.1, 0.15) is 18.9 Å². The normalized spacial score (nSPS) is 19.1. The van der Waals surface area contributed by atoms with Gasteiger partial charge in [0.15, 0.2) is 0 Å². The zero-order valence-corrected chi connectivity index (χ0v) is 10.0. The number of allylic oxidation sites excluding steroid dienone is 1. The molecule has 0 aliphatic carbocycles. The Morgan fingerprint density at radius 1 is 1.41 bits per heavy atom. The number of hydrogen-bond donors (Lipinski definition) is 0. The molecule has 1 heterocycles. The van der Waals surface area contributed by atoms with Gasteiger partial charge in [-0.1, -0.05) is 43.3 Å². The Balaban J connectivity index is 1.85. The van der Waals surface area contributed by atoms with Gasteiger partial charge in [0.05, 0.1) is 0 Å². The van der Waals surface area contributed by atoms with Gasteiger partial charge in [0.2, 0.25) is 0 Å². The number of carbonyl (C=O) groups excluding carboxylic acids is 1. The minimum absolute atomic E-state index is 0.267. The van der Waals surface area contributed by atoms with Crippen molar-refractivity contribution in [1.29, 1.82) is 0 Å². The average Bonchev–Trinajstić information content (AvgIpc) is 2.37. The van der Waals surface area contributed by atoms with Gasteiger partial charge < -0.3 is 4.74 Å². The van der Waals surface area contributed by atoms with Crippen LogP contribution in [0.15, 0.2) is 42.6 Å². The van der Waals surface area contributed by atoms with E-state index in [4.69, 9.17) is 4.74 Å². The van der Waals surface area contributed by atoms with E-state index in [1.54, 1.807) is 4.90 Å². The molecule has 1 aliphatic heterocycles. The maximum atomic E-state index is 11.8. The lowest BCUT2D eigenvalue weighted by Crippen LogP contribution is -2.32. The fourth-order valence-electron chi connectivity index (χ4n) is 1.83. The van der Waals surface area contributed by atoms with Crippen molar-refractivity contribution in [3.63, 3.8) is 0 Å². The van der Waals surface area contributed by atoms with E-state index in [2.05, 4.69) is 6.92 Å². The fourth-order valence-corrected chi connectivity index (χ4v) is 1.83. The molecule has 1 aromatic carbocycles. The highest BCUT2D eigenvalue weighted by Gasteiger charge is 2.18. The van der Waals surface area contributed by atoms with Crippen molar-refractivity contribution in [2.45, 2.75) is 20.0 Å². The van der Waals surface area contributed by atoms with Gasteiger partial charge in [-0.05, 0) is 17.9 Å². The topological polar surface area (TPSA) is 29.5 Å².